The van der Waals surface area contributed by atoms with E-state index in [9.17, 15) is 18.0 Å². The molecule has 114 valence electrons. The summed E-state index contributed by atoms with van der Waals surface area (Å²) in [6, 6.07) is 5.48. The molecule has 0 N–H and O–H groups in total. The Morgan fingerprint density at radius 1 is 1.38 bits per heavy atom. The maximum absolute atomic E-state index is 12.0. The van der Waals surface area contributed by atoms with Gasteiger partial charge in [0.25, 0.3) is 0 Å². The molecule has 1 aliphatic heterocycles. The number of hydrogen-bond donors (Lipinski definition) is 0. The first kappa shape index (κ1) is 15.5. The molecular weight excluding hydrogens is 298 g/mol. The average Bonchev–Trinajstić information content (AvgIpc) is 2.84. The highest BCUT2D eigenvalue weighted by Gasteiger charge is 2.30. The summed E-state index contributed by atoms with van der Waals surface area (Å²) in [4.78, 5) is 23.2. The van der Waals surface area contributed by atoms with Crippen molar-refractivity contribution in [2.75, 3.05) is 20.7 Å². The molecule has 2 rings (SSSR count). The Morgan fingerprint density at radius 2 is 2.10 bits per heavy atom. The number of hydrogen-bond acceptors (Lipinski definition) is 6. The molecular formula is C13H15NO6S. The van der Waals surface area contributed by atoms with Gasteiger partial charge in [0, 0.05) is 20.5 Å². The second-order valence-corrected chi connectivity index (χ2v) is 6.82. The molecule has 1 aromatic carbocycles. The molecule has 0 aromatic heterocycles. The van der Waals surface area contributed by atoms with Crippen LogP contribution in [0.1, 0.15) is 16.8 Å². The van der Waals surface area contributed by atoms with Gasteiger partial charge < -0.3 is 9.47 Å². The second-order valence-electron chi connectivity index (χ2n) is 4.67. The maximum Gasteiger partial charge on any atom is 0.347 e. The standard InChI is InChI=1S/C13H15NO6S/c1-14(2)21(17,18)10-5-3-4-9(8-10)12(15)20-11-6-7-19-13(11)16/h3-5,8,11H,6-7H2,1-2H3/t11-/m1/s1. The third kappa shape index (κ3) is 3.22. The van der Waals surface area contributed by atoms with Gasteiger partial charge in [-0.05, 0) is 18.2 Å². The molecule has 0 amide bonds. The molecule has 21 heavy (non-hydrogen) atoms. The smallest absolute Gasteiger partial charge is 0.347 e. The molecule has 0 aliphatic carbocycles. The first-order valence-electron chi connectivity index (χ1n) is 6.22. The summed E-state index contributed by atoms with van der Waals surface area (Å²) in [6.07, 6.45) is -0.619. The van der Waals surface area contributed by atoms with Crippen LogP contribution in [0.5, 0.6) is 0 Å². The number of rotatable bonds is 4. The summed E-state index contributed by atoms with van der Waals surface area (Å²) >= 11 is 0. The van der Waals surface area contributed by atoms with E-state index in [1.807, 2.05) is 0 Å². The highest BCUT2D eigenvalue weighted by Crippen LogP contribution is 2.17. The Bertz CT molecular complexity index is 667. The predicted molar refractivity (Wildman–Crippen MR) is 72.1 cm³/mol. The van der Waals surface area contributed by atoms with E-state index < -0.39 is 28.1 Å². The van der Waals surface area contributed by atoms with Gasteiger partial charge in [0.05, 0.1) is 17.1 Å². The van der Waals surface area contributed by atoms with Crippen molar-refractivity contribution in [1.82, 2.24) is 4.31 Å². The van der Waals surface area contributed by atoms with Crippen LogP contribution >= 0.6 is 0 Å². The normalized spacial score (nSPS) is 18.6. The Morgan fingerprint density at radius 3 is 2.67 bits per heavy atom. The molecule has 1 aliphatic rings. The van der Waals surface area contributed by atoms with Gasteiger partial charge in [0.15, 0.2) is 0 Å². The number of nitrogens with zero attached hydrogens (tertiary/aromatic N) is 1. The summed E-state index contributed by atoms with van der Waals surface area (Å²) in [6.45, 7) is 0.214. The van der Waals surface area contributed by atoms with E-state index in [1.165, 1.54) is 38.4 Å². The molecule has 0 radical (unpaired) electrons. The molecule has 8 heteroatoms. The van der Waals surface area contributed by atoms with Crippen LogP contribution < -0.4 is 0 Å². The van der Waals surface area contributed by atoms with Crippen molar-refractivity contribution < 1.29 is 27.5 Å². The van der Waals surface area contributed by atoms with Gasteiger partial charge in [-0.1, -0.05) is 6.07 Å². The van der Waals surface area contributed by atoms with Gasteiger partial charge in [-0.15, -0.1) is 0 Å². The third-order valence-electron chi connectivity index (χ3n) is 2.98. The van der Waals surface area contributed by atoms with Crippen LogP contribution in [-0.4, -0.2) is 51.5 Å². The minimum atomic E-state index is -3.64. The fourth-order valence-corrected chi connectivity index (χ4v) is 2.72. The zero-order valence-corrected chi connectivity index (χ0v) is 12.4. The minimum absolute atomic E-state index is 0.0176. The SMILES string of the molecule is CN(C)S(=O)(=O)c1cccc(C(=O)O[C@@H]2CCOC2=O)c1. The van der Waals surface area contributed by atoms with Crippen molar-refractivity contribution in [3.8, 4) is 0 Å². The van der Waals surface area contributed by atoms with Crippen LogP contribution in [0.15, 0.2) is 29.2 Å². The highest BCUT2D eigenvalue weighted by molar-refractivity contribution is 7.89. The van der Waals surface area contributed by atoms with Gasteiger partial charge in [-0.2, -0.15) is 0 Å². The van der Waals surface area contributed by atoms with Gasteiger partial charge in [0.1, 0.15) is 0 Å². The predicted octanol–water partition coefficient (Wildman–Crippen LogP) is 0.409. The van der Waals surface area contributed by atoms with Crippen LogP contribution in [0.2, 0.25) is 0 Å². The van der Waals surface area contributed by atoms with Crippen LogP contribution in [0.4, 0.5) is 0 Å². The molecule has 1 aromatic rings. The van der Waals surface area contributed by atoms with E-state index in [1.54, 1.807) is 0 Å². The number of carbonyl (C=O) groups is 2. The van der Waals surface area contributed by atoms with Crippen molar-refractivity contribution in [3.63, 3.8) is 0 Å². The molecule has 1 heterocycles. The number of benzene rings is 1. The molecule has 0 saturated carbocycles. The monoisotopic (exact) mass is 313 g/mol. The van der Waals surface area contributed by atoms with E-state index in [0.717, 1.165) is 4.31 Å². The number of carbonyl (C=O) groups excluding carboxylic acids is 2. The van der Waals surface area contributed by atoms with Crippen molar-refractivity contribution in [3.05, 3.63) is 29.8 Å². The lowest BCUT2D eigenvalue weighted by atomic mass is 10.2. The lowest BCUT2D eigenvalue weighted by molar-refractivity contribution is -0.145. The quantitative estimate of drug-likeness (QED) is 0.748. The lowest BCUT2D eigenvalue weighted by Crippen LogP contribution is -2.24. The molecule has 0 bridgehead atoms. The molecule has 1 saturated heterocycles. The van der Waals surface area contributed by atoms with Gasteiger partial charge >= 0.3 is 11.9 Å². The average molecular weight is 313 g/mol. The first-order chi connectivity index (χ1) is 9.82. The fraction of sp³-hybridized carbons (Fsp3) is 0.385. The Kier molecular flexibility index (Phi) is 4.29. The summed E-state index contributed by atoms with van der Waals surface area (Å²) < 4.78 is 34.8. The summed E-state index contributed by atoms with van der Waals surface area (Å²) in [7, 11) is -0.842. The van der Waals surface area contributed by atoms with E-state index in [-0.39, 0.29) is 17.1 Å². The molecule has 0 spiro atoms. The summed E-state index contributed by atoms with van der Waals surface area (Å²) in [5.41, 5.74) is 0.0672. The van der Waals surface area contributed by atoms with Gasteiger partial charge in [0.2, 0.25) is 16.1 Å². The maximum atomic E-state index is 12.0. The van der Waals surface area contributed by atoms with E-state index in [4.69, 9.17) is 9.47 Å². The van der Waals surface area contributed by atoms with Crippen LogP contribution in [-0.2, 0) is 24.3 Å². The summed E-state index contributed by atoms with van der Waals surface area (Å²) in [5.74, 6) is -1.34. The van der Waals surface area contributed by atoms with Gasteiger partial charge in [-0.3, -0.25) is 0 Å². The highest BCUT2D eigenvalue weighted by atomic mass is 32.2. The van der Waals surface area contributed by atoms with E-state index in [0.29, 0.717) is 6.42 Å². The number of ether oxygens (including phenoxy) is 2. The Balaban J connectivity index is 2.21. The van der Waals surface area contributed by atoms with Crippen LogP contribution in [0.25, 0.3) is 0 Å². The fourth-order valence-electron chi connectivity index (χ4n) is 1.78. The van der Waals surface area contributed by atoms with Crippen molar-refractivity contribution in [2.24, 2.45) is 0 Å². The lowest BCUT2D eigenvalue weighted by Gasteiger charge is -2.12. The zero-order chi connectivity index (χ0) is 15.6. The summed E-state index contributed by atoms with van der Waals surface area (Å²) in [5, 5.41) is 0. The molecule has 0 unspecified atom stereocenters. The van der Waals surface area contributed by atoms with Crippen molar-refractivity contribution in [2.45, 2.75) is 17.4 Å². The Labute approximate surface area is 122 Å². The van der Waals surface area contributed by atoms with Gasteiger partial charge in [-0.25, -0.2) is 22.3 Å². The number of cyclic esters (lactones) is 1. The molecule has 7 nitrogen and oxygen atoms in total. The topological polar surface area (TPSA) is 90.0 Å². The molecule has 1 fully saturated rings. The number of sulfonamides is 1. The Hall–Kier alpha value is -1.93. The van der Waals surface area contributed by atoms with Crippen LogP contribution in [0.3, 0.4) is 0 Å². The third-order valence-corrected chi connectivity index (χ3v) is 4.80. The number of esters is 2. The zero-order valence-electron chi connectivity index (χ0n) is 11.6. The second kappa shape index (κ2) is 5.82. The van der Waals surface area contributed by atoms with Crippen molar-refractivity contribution >= 4 is 22.0 Å². The largest absolute Gasteiger partial charge is 0.463 e. The minimum Gasteiger partial charge on any atom is -0.463 e. The van der Waals surface area contributed by atoms with E-state index >= 15 is 0 Å². The molecule has 1 atom stereocenters. The van der Waals surface area contributed by atoms with Crippen LogP contribution in [0, 0.1) is 0 Å². The van der Waals surface area contributed by atoms with E-state index in [2.05, 4.69) is 0 Å². The first-order valence-corrected chi connectivity index (χ1v) is 7.66. The van der Waals surface area contributed by atoms with Crippen molar-refractivity contribution in [1.29, 1.82) is 0 Å².